The third-order valence-corrected chi connectivity index (χ3v) is 4.33. The molecule has 3 rings (SSSR count). The summed E-state index contributed by atoms with van der Waals surface area (Å²) >= 11 is 6.06. The number of nitriles is 1. The molecule has 6 nitrogen and oxygen atoms in total. The van der Waals surface area contributed by atoms with Gasteiger partial charge in [0.25, 0.3) is 0 Å². The second kappa shape index (κ2) is 7.07. The van der Waals surface area contributed by atoms with Crippen LogP contribution in [0, 0.1) is 22.7 Å². The first kappa shape index (κ1) is 16.6. The second-order valence-corrected chi connectivity index (χ2v) is 6.02. The smallest absolute Gasteiger partial charge is 0.223 e. The lowest BCUT2D eigenvalue weighted by molar-refractivity contribution is 0.0455. The number of nitrogens with one attached hydrogen (secondary N) is 1. The lowest BCUT2D eigenvalue weighted by Gasteiger charge is -2.30. The standard InChI is InChI=1S/C16H15ClFN5O/c17-12-8-21-14(18)7-11(12)13-1-4-20-15(23-13)22-10-16(9-19)2-5-24-6-3-16/h1,4,7-8H,2-3,5-6,10H2,(H,20,22,23). The predicted octanol–water partition coefficient (Wildman–Crippen LogP) is 3.06. The Balaban J connectivity index is 1.78. The highest BCUT2D eigenvalue weighted by Gasteiger charge is 2.32. The second-order valence-electron chi connectivity index (χ2n) is 5.61. The number of hydrogen-bond donors (Lipinski definition) is 1. The summed E-state index contributed by atoms with van der Waals surface area (Å²) in [5.74, 6) is -0.268. The fourth-order valence-corrected chi connectivity index (χ4v) is 2.74. The summed E-state index contributed by atoms with van der Waals surface area (Å²) in [4.78, 5) is 12.0. The molecular formula is C16H15ClFN5O. The number of nitrogens with zero attached hydrogens (tertiary/aromatic N) is 4. The van der Waals surface area contributed by atoms with Crippen LogP contribution in [-0.4, -0.2) is 34.7 Å². The summed E-state index contributed by atoms with van der Waals surface area (Å²) in [6, 6.07) is 5.24. The van der Waals surface area contributed by atoms with Gasteiger partial charge in [-0.3, -0.25) is 0 Å². The molecule has 0 unspecified atom stereocenters. The molecule has 0 saturated carbocycles. The Hall–Kier alpha value is -2.30. The summed E-state index contributed by atoms with van der Waals surface area (Å²) in [6.07, 6.45) is 4.13. The van der Waals surface area contributed by atoms with Gasteiger partial charge in [-0.2, -0.15) is 9.65 Å². The number of aromatic nitrogens is 3. The summed E-state index contributed by atoms with van der Waals surface area (Å²) < 4.78 is 18.7. The van der Waals surface area contributed by atoms with E-state index in [4.69, 9.17) is 16.3 Å². The molecule has 24 heavy (non-hydrogen) atoms. The summed E-state index contributed by atoms with van der Waals surface area (Å²) in [5, 5.41) is 12.9. The molecule has 0 radical (unpaired) electrons. The van der Waals surface area contributed by atoms with E-state index < -0.39 is 11.4 Å². The maximum atomic E-state index is 13.3. The number of halogens is 2. The van der Waals surface area contributed by atoms with Gasteiger partial charge in [-0.25, -0.2) is 15.0 Å². The third-order valence-electron chi connectivity index (χ3n) is 4.03. The average molecular weight is 348 g/mol. The molecule has 0 amide bonds. The fraction of sp³-hybridized carbons (Fsp3) is 0.375. The van der Waals surface area contributed by atoms with Crippen molar-refractivity contribution in [2.45, 2.75) is 12.8 Å². The van der Waals surface area contributed by atoms with Crippen molar-refractivity contribution in [2.24, 2.45) is 5.41 Å². The van der Waals surface area contributed by atoms with Crippen LogP contribution >= 0.6 is 11.6 Å². The van der Waals surface area contributed by atoms with Crippen LogP contribution < -0.4 is 5.32 Å². The first-order valence-corrected chi connectivity index (χ1v) is 7.87. The highest BCUT2D eigenvalue weighted by Crippen LogP contribution is 2.30. The van der Waals surface area contributed by atoms with Gasteiger partial charge in [0.15, 0.2) is 0 Å². The van der Waals surface area contributed by atoms with Crippen molar-refractivity contribution in [1.82, 2.24) is 15.0 Å². The quantitative estimate of drug-likeness (QED) is 0.856. The highest BCUT2D eigenvalue weighted by molar-refractivity contribution is 6.33. The molecular weight excluding hydrogens is 333 g/mol. The van der Waals surface area contributed by atoms with Crippen LogP contribution in [0.25, 0.3) is 11.3 Å². The van der Waals surface area contributed by atoms with Gasteiger partial charge in [0.1, 0.15) is 0 Å². The van der Waals surface area contributed by atoms with Gasteiger partial charge >= 0.3 is 0 Å². The maximum Gasteiger partial charge on any atom is 0.223 e. The van der Waals surface area contributed by atoms with Crippen molar-refractivity contribution in [2.75, 3.05) is 25.1 Å². The lowest BCUT2D eigenvalue weighted by Crippen LogP contribution is -2.35. The molecule has 2 aromatic rings. The summed E-state index contributed by atoms with van der Waals surface area (Å²) in [5.41, 5.74) is 0.436. The van der Waals surface area contributed by atoms with E-state index >= 15 is 0 Å². The summed E-state index contributed by atoms with van der Waals surface area (Å²) in [7, 11) is 0. The Morgan fingerprint density at radius 2 is 2.17 bits per heavy atom. The van der Waals surface area contributed by atoms with Crippen molar-refractivity contribution in [3.63, 3.8) is 0 Å². The highest BCUT2D eigenvalue weighted by atomic mass is 35.5. The molecule has 0 aromatic carbocycles. The Morgan fingerprint density at radius 1 is 1.38 bits per heavy atom. The van der Waals surface area contributed by atoms with E-state index in [0.717, 1.165) is 0 Å². The van der Waals surface area contributed by atoms with Crippen molar-refractivity contribution in [1.29, 1.82) is 5.26 Å². The zero-order valence-corrected chi connectivity index (χ0v) is 13.6. The largest absolute Gasteiger partial charge is 0.381 e. The van der Waals surface area contributed by atoms with Crippen molar-refractivity contribution in [3.05, 3.63) is 35.5 Å². The molecule has 1 saturated heterocycles. The van der Waals surface area contributed by atoms with E-state index in [1.165, 1.54) is 12.3 Å². The van der Waals surface area contributed by atoms with Crippen molar-refractivity contribution < 1.29 is 9.13 Å². The van der Waals surface area contributed by atoms with E-state index in [-0.39, 0.29) is 0 Å². The molecule has 1 aliphatic heterocycles. The SMILES string of the molecule is N#CC1(CNc2nccc(-c3cc(F)ncc3Cl)n2)CCOCC1. The zero-order chi connectivity index (χ0) is 17.0. The van der Waals surface area contributed by atoms with Gasteiger partial charge in [-0.15, -0.1) is 0 Å². The van der Waals surface area contributed by atoms with Crippen LogP contribution in [0.3, 0.4) is 0 Å². The average Bonchev–Trinajstić information content (AvgIpc) is 2.63. The molecule has 3 heterocycles. The van der Waals surface area contributed by atoms with E-state index in [1.54, 1.807) is 12.3 Å². The summed E-state index contributed by atoms with van der Waals surface area (Å²) in [6.45, 7) is 1.57. The van der Waals surface area contributed by atoms with E-state index in [9.17, 15) is 9.65 Å². The van der Waals surface area contributed by atoms with E-state index in [0.29, 0.717) is 54.8 Å². The number of rotatable bonds is 4. The molecule has 0 spiro atoms. The van der Waals surface area contributed by atoms with Crippen molar-refractivity contribution in [3.8, 4) is 17.3 Å². The normalized spacial score (nSPS) is 16.4. The predicted molar refractivity (Wildman–Crippen MR) is 86.8 cm³/mol. The number of hydrogen-bond acceptors (Lipinski definition) is 6. The van der Waals surface area contributed by atoms with Gasteiger partial charge in [0.05, 0.1) is 22.2 Å². The monoisotopic (exact) mass is 347 g/mol. The van der Waals surface area contributed by atoms with E-state index in [2.05, 4.69) is 26.3 Å². The van der Waals surface area contributed by atoms with Crippen LogP contribution in [0.1, 0.15) is 12.8 Å². The first-order valence-electron chi connectivity index (χ1n) is 7.49. The first-order chi connectivity index (χ1) is 11.6. The van der Waals surface area contributed by atoms with Gasteiger partial charge in [0, 0.05) is 43.8 Å². The third kappa shape index (κ3) is 3.61. The number of anilines is 1. The molecule has 2 aromatic heterocycles. The van der Waals surface area contributed by atoms with E-state index in [1.807, 2.05) is 0 Å². The Kier molecular flexibility index (Phi) is 4.88. The zero-order valence-electron chi connectivity index (χ0n) is 12.8. The topological polar surface area (TPSA) is 83.7 Å². The minimum absolute atomic E-state index is 0.305. The number of pyridine rings is 1. The Bertz CT molecular complexity index is 773. The minimum Gasteiger partial charge on any atom is -0.381 e. The van der Waals surface area contributed by atoms with Gasteiger partial charge in [-0.1, -0.05) is 11.6 Å². The minimum atomic E-state index is -0.631. The van der Waals surface area contributed by atoms with Crippen LogP contribution in [0.5, 0.6) is 0 Å². The Morgan fingerprint density at radius 3 is 2.92 bits per heavy atom. The number of ether oxygens (including phenoxy) is 1. The molecule has 1 aliphatic rings. The van der Waals surface area contributed by atoms with Crippen LogP contribution in [0.2, 0.25) is 5.02 Å². The molecule has 0 aliphatic carbocycles. The molecule has 8 heteroatoms. The van der Waals surface area contributed by atoms with Gasteiger partial charge in [-0.05, 0) is 18.9 Å². The molecule has 1 fully saturated rings. The van der Waals surface area contributed by atoms with Crippen LogP contribution in [0.4, 0.5) is 10.3 Å². The maximum absolute atomic E-state index is 13.3. The molecule has 1 N–H and O–H groups in total. The van der Waals surface area contributed by atoms with Gasteiger partial charge < -0.3 is 10.1 Å². The van der Waals surface area contributed by atoms with Gasteiger partial charge in [0.2, 0.25) is 11.9 Å². The molecule has 124 valence electrons. The molecule has 0 bridgehead atoms. The van der Waals surface area contributed by atoms with Crippen LogP contribution in [0.15, 0.2) is 24.5 Å². The fourth-order valence-electron chi connectivity index (χ4n) is 2.54. The van der Waals surface area contributed by atoms with Crippen LogP contribution in [-0.2, 0) is 4.74 Å². The van der Waals surface area contributed by atoms with Crippen molar-refractivity contribution >= 4 is 17.5 Å². The Labute approximate surface area is 143 Å². The molecule has 0 atom stereocenters. The lowest BCUT2D eigenvalue weighted by atomic mass is 9.82.